The molecule has 1 heterocycles. The van der Waals surface area contributed by atoms with Crippen molar-refractivity contribution in [3.8, 4) is 0 Å². The summed E-state index contributed by atoms with van der Waals surface area (Å²) in [7, 11) is 1.77. The number of nitrogens with one attached hydrogen (secondary N) is 1. The topological polar surface area (TPSA) is 45.2 Å². The highest BCUT2D eigenvalue weighted by atomic mass is 35.5. The van der Waals surface area contributed by atoms with E-state index in [-0.39, 0.29) is 11.9 Å². The zero-order chi connectivity index (χ0) is 12.1. The highest BCUT2D eigenvalue weighted by Crippen LogP contribution is 2.10. The van der Waals surface area contributed by atoms with E-state index in [0.717, 1.165) is 0 Å². The van der Waals surface area contributed by atoms with E-state index in [1.807, 2.05) is 13.8 Å². The molecule has 1 atom stereocenters. The van der Waals surface area contributed by atoms with Gasteiger partial charge in [0.25, 0.3) is 0 Å². The van der Waals surface area contributed by atoms with E-state index < -0.39 is 0 Å². The average molecular weight is 242 g/mol. The third-order valence-electron chi connectivity index (χ3n) is 2.31. The summed E-state index contributed by atoms with van der Waals surface area (Å²) in [5.74, 6) is 0.689. The second-order valence-electron chi connectivity index (χ2n) is 3.58. The van der Waals surface area contributed by atoms with Crippen LogP contribution in [0.1, 0.15) is 13.8 Å². The lowest BCUT2D eigenvalue weighted by Crippen LogP contribution is -2.38. The molecule has 0 bridgehead atoms. The Morgan fingerprint density at radius 3 is 2.81 bits per heavy atom. The third-order valence-corrected chi connectivity index (χ3v) is 2.54. The summed E-state index contributed by atoms with van der Waals surface area (Å²) >= 11 is 5.72. The molecule has 1 unspecified atom stereocenters. The van der Waals surface area contributed by atoms with Crippen LogP contribution in [0.15, 0.2) is 18.3 Å². The second kappa shape index (κ2) is 5.70. The molecule has 88 valence electrons. The molecule has 1 rings (SSSR count). The van der Waals surface area contributed by atoms with Crippen LogP contribution in [-0.4, -0.2) is 35.4 Å². The van der Waals surface area contributed by atoms with Crippen LogP contribution < -0.4 is 5.32 Å². The van der Waals surface area contributed by atoms with Gasteiger partial charge in [0.1, 0.15) is 11.9 Å². The van der Waals surface area contributed by atoms with E-state index >= 15 is 0 Å². The second-order valence-corrected chi connectivity index (χ2v) is 4.02. The number of rotatable bonds is 4. The van der Waals surface area contributed by atoms with Crippen LogP contribution in [-0.2, 0) is 4.79 Å². The van der Waals surface area contributed by atoms with Crippen LogP contribution in [0.4, 0.5) is 5.82 Å². The van der Waals surface area contributed by atoms with E-state index in [4.69, 9.17) is 11.6 Å². The molecule has 0 saturated carbocycles. The fourth-order valence-electron chi connectivity index (χ4n) is 1.23. The maximum atomic E-state index is 11.8. The first kappa shape index (κ1) is 12.8. The van der Waals surface area contributed by atoms with Crippen molar-refractivity contribution in [2.24, 2.45) is 0 Å². The Bertz CT molecular complexity index is 353. The Morgan fingerprint density at radius 2 is 2.31 bits per heavy atom. The minimum Gasteiger partial charge on any atom is -0.359 e. The number of halogens is 1. The summed E-state index contributed by atoms with van der Waals surface area (Å²) in [6, 6.07) is 3.19. The molecule has 16 heavy (non-hydrogen) atoms. The van der Waals surface area contributed by atoms with Crippen LogP contribution in [0.3, 0.4) is 0 Å². The first-order chi connectivity index (χ1) is 7.54. The van der Waals surface area contributed by atoms with Crippen molar-refractivity contribution in [1.82, 2.24) is 9.88 Å². The zero-order valence-corrected chi connectivity index (χ0v) is 10.5. The Morgan fingerprint density at radius 1 is 1.62 bits per heavy atom. The quantitative estimate of drug-likeness (QED) is 0.877. The largest absolute Gasteiger partial charge is 0.359 e. The molecule has 0 aliphatic carbocycles. The van der Waals surface area contributed by atoms with Crippen molar-refractivity contribution in [2.75, 3.05) is 18.9 Å². The predicted molar refractivity (Wildman–Crippen MR) is 65.6 cm³/mol. The molecule has 0 aliphatic heterocycles. The number of aromatic nitrogens is 1. The number of carbonyl (C=O) groups excluding carboxylic acids is 1. The molecule has 0 aliphatic rings. The predicted octanol–water partition coefficient (Wildman–Crippen LogP) is 2.01. The Kier molecular flexibility index (Phi) is 4.55. The number of amides is 1. The smallest absolute Gasteiger partial charge is 0.244 e. The van der Waals surface area contributed by atoms with Crippen molar-refractivity contribution in [1.29, 1.82) is 0 Å². The molecule has 0 aromatic carbocycles. The first-order valence-electron chi connectivity index (χ1n) is 5.17. The van der Waals surface area contributed by atoms with Gasteiger partial charge in [0.15, 0.2) is 0 Å². The number of likely N-dealkylation sites (N-methyl/N-ethyl adjacent to an activating group) is 1. The van der Waals surface area contributed by atoms with Gasteiger partial charge < -0.3 is 10.2 Å². The van der Waals surface area contributed by atoms with Gasteiger partial charge in [-0.1, -0.05) is 11.6 Å². The minimum atomic E-state index is -0.293. The standard InChI is InChI=1S/C11H16ClN3O/c1-4-15(3)11(16)8(2)14-10-6-5-9(12)7-13-10/h5-8H,4H2,1-3H3,(H,13,14). The number of hydrogen-bond acceptors (Lipinski definition) is 3. The van der Waals surface area contributed by atoms with Crippen LogP contribution in [0.2, 0.25) is 5.02 Å². The molecular weight excluding hydrogens is 226 g/mol. The maximum absolute atomic E-state index is 11.8. The van der Waals surface area contributed by atoms with Gasteiger partial charge in [-0.15, -0.1) is 0 Å². The van der Waals surface area contributed by atoms with Gasteiger partial charge >= 0.3 is 0 Å². The number of anilines is 1. The summed E-state index contributed by atoms with van der Waals surface area (Å²) in [5, 5.41) is 3.60. The Labute approximate surface area is 101 Å². The van der Waals surface area contributed by atoms with E-state index in [0.29, 0.717) is 17.4 Å². The van der Waals surface area contributed by atoms with Gasteiger partial charge in [0, 0.05) is 19.8 Å². The lowest BCUT2D eigenvalue weighted by molar-refractivity contribution is -0.130. The lowest BCUT2D eigenvalue weighted by atomic mass is 10.3. The normalized spacial score (nSPS) is 12.0. The van der Waals surface area contributed by atoms with E-state index in [9.17, 15) is 4.79 Å². The highest BCUT2D eigenvalue weighted by molar-refractivity contribution is 6.30. The number of pyridine rings is 1. The zero-order valence-electron chi connectivity index (χ0n) is 9.70. The molecule has 4 nitrogen and oxygen atoms in total. The van der Waals surface area contributed by atoms with E-state index in [1.54, 1.807) is 30.3 Å². The SMILES string of the molecule is CCN(C)C(=O)C(C)Nc1ccc(Cl)cn1. The highest BCUT2D eigenvalue weighted by Gasteiger charge is 2.16. The van der Waals surface area contributed by atoms with Gasteiger partial charge in [-0.05, 0) is 26.0 Å². The molecule has 0 saturated heterocycles. The molecule has 5 heteroatoms. The van der Waals surface area contributed by atoms with Crippen LogP contribution in [0.5, 0.6) is 0 Å². The van der Waals surface area contributed by atoms with Crippen molar-refractivity contribution in [2.45, 2.75) is 19.9 Å². The molecular formula is C11H16ClN3O. The lowest BCUT2D eigenvalue weighted by Gasteiger charge is -2.20. The van der Waals surface area contributed by atoms with Gasteiger partial charge in [-0.3, -0.25) is 4.79 Å². The Balaban J connectivity index is 2.60. The molecule has 1 aromatic rings. The fraction of sp³-hybridized carbons (Fsp3) is 0.455. The van der Waals surface area contributed by atoms with Gasteiger partial charge in [0.05, 0.1) is 5.02 Å². The minimum absolute atomic E-state index is 0.0410. The van der Waals surface area contributed by atoms with E-state index in [2.05, 4.69) is 10.3 Å². The van der Waals surface area contributed by atoms with Crippen molar-refractivity contribution in [3.63, 3.8) is 0 Å². The molecule has 0 radical (unpaired) electrons. The molecule has 1 aromatic heterocycles. The average Bonchev–Trinajstić information content (AvgIpc) is 2.30. The van der Waals surface area contributed by atoms with Crippen molar-refractivity contribution in [3.05, 3.63) is 23.4 Å². The molecule has 0 fully saturated rings. The summed E-state index contributed by atoms with van der Waals surface area (Å²) in [4.78, 5) is 17.5. The van der Waals surface area contributed by atoms with Crippen LogP contribution in [0.25, 0.3) is 0 Å². The van der Waals surface area contributed by atoms with Crippen LogP contribution in [0, 0.1) is 0 Å². The molecule has 0 spiro atoms. The summed E-state index contributed by atoms with van der Waals surface area (Å²) in [5.41, 5.74) is 0. The van der Waals surface area contributed by atoms with Crippen molar-refractivity contribution < 1.29 is 4.79 Å². The summed E-state index contributed by atoms with van der Waals surface area (Å²) in [6.45, 7) is 4.44. The summed E-state index contributed by atoms with van der Waals surface area (Å²) in [6.07, 6.45) is 1.55. The first-order valence-corrected chi connectivity index (χ1v) is 5.55. The monoisotopic (exact) mass is 241 g/mol. The van der Waals surface area contributed by atoms with Crippen LogP contribution >= 0.6 is 11.6 Å². The van der Waals surface area contributed by atoms with Gasteiger partial charge in [-0.25, -0.2) is 4.98 Å². The fourth-order valence-corrected chi connectivity index (χ4v) is 1.34. The summed E-state index contributed by atoms with van der Waals surface area (Å²) < 4.78 is 0. The van der Waals surface area contributed by atoms with Crippen molar-refractivity contribution >= 4 is 23.3 Å². The molecule has 1 N–H and O–H groups in total. The maximum Gasteiger partial charge on any atom is 0.244 e. The van der Waals surface area contributed by atoms with Gasteiger partial charge in [0.2, 0.25) is 5.91 Å². The number of nitrogens with zero attached hydrogens (tertiary/aromatic N) is 2. The Hall–Kier alpha value is -1.29. The molecule has 1 amide bonds. The van der Waals surface area contributed by atoms with E-state index in [1.165, 1.54) is 0 Å². The number of hydrogen-bond donors (Lipinski definition) is 1. The number of carbonyl (C=O) groups is 1. The van der Waals surface area contributed by atoms with Gasteiger partial charge in [-0.2, -0.15) is 0 Å². The third kappa shape index (κ3) is 3.38.